The number of hydrogen-bond acceptors (Lipinski definition) is 6. The Bertz CT molecular complexity index is 528. The van der Waals surface area contributed by atoms with Crippen molar-refractivity contribution in [3.8, 4) is 6.07 Å². The number of rotatable bonds is 6. The number of nitriles is 1. The summed E-state index contributed by atoms with van der Waals surface area (Å²) in [4.78, 5) is 1.96. The van der Waals surface area contributed by atoms with E-state index < -0.39 is 25.6 Å². The first-order valence-corrected chi connectivity index (χ1v) is 9.70. The molecular formula is C10H19N3O4S2. The molecule has 9 heteroatoms. The van der Waals surface area contributed by atoms with Gasteiger partial charge in [-0.15, -0.1) is 0 Å². The second-order valence-corrected chi connectivity index (χ2v) is 8.91. The van der Waals surface area contributed by atoms with Crippen LogP contribution in [0.5, 0.6) is 0 Å². The van der Waals surface area contributed by atoms with Crippen LogP contribution in [0.25, 0.3) is 0 Å². The van der Waals surface area contributed by atoms with E-state index in [1.165, 1.54) is 0 Å². The van der Waals surface area contributed by atoms with E-state index in [1.54, 1.807) is 0 Å². The van der Waals surface area contributed by atoms with Crippen LogP contribution >= 0.6 is 0 Å². The predicted octanol–water partition coefficient (Wildman–Crippen LogP) is -1.06. The molecule has 0 aromatic rings. The third-order valence-electron chi connectivity index (χ3n) is 2.95. The number of hydrogen-bond donors (Lipinski definition) is 1. The minimum Gasteiger partial charge on any atom is -0.290 e. The van der Waals surface area contributed by atoms with Gasteiger partial charge in [0.2, 0.25) is 10.0 Å². The fraction of sp³-hybridized carbons (Fsp3) is 0.900. The molecule has 0 spiro atoms. The third kappa shape index (κ3) is 6.87. The predicted molar refractivity (Wildman–Crippen MR) is 71.7 cm³/mol. The van der Waals surface area contributed by atoms with Crippen molar-refractivity contribution in [2.45, 2.75) is 18.9 Å². The summed E-state index contributed by atoms with van der Waals surface area (Å²) in [6.07, 6.45) is 2.29. The molecule has 1 N–H and O–H groups in total. The topological polar surface area (TPSA) is 107 Å². The molecule has 1 fully saturated rings. The molecular weight excluding hydrogens is 290 g/mol. The SMILES string of the molecule is CS(=O)(=O)CCS(=O)(=O)NC1CCN(CC#N)CC1. The largest absolute Gasteiger partial charge is 0.290 e. The lowest BCUT2D eigenvalue weighted by molar-refractivity contribution is 0.229. The molecule has 0 radical (unpaired) electrons. The van der Waals surface area contributed by atoms with Gasteiger partial charge in [0.05, 0.1) is 24.1 Å². The van der Waals surface area contributed by atoms with Crippen molar-refractivity contribution in [2.24, 2.45) is 0 Å². The van der Waals surface area contributed by atoms with E-state index >= 15 is 0 Å². The number of piperidine rings is 1. The maximum Gasteiger partial charge on any atom is 0.212 e. The summed E-state index contributed by atoms with van der Waals surface area (Å²) >= 11 is 0. The van der Waals surface area contributed by atoms with Crippen LogP contribution in [0.15, 0.2) is 0 Å². The second kappa shape index (κ2) is 6.65. The van der Waals surface area contributed by atoms with Gasteiger partial charge in [-0.1, -0.05) is 0 Å². The van der Waals surface area contributed by atoms with Gasteiger partial charge in [-0.3, -0.25) is 4.90 Å². The summed E-state index contributed by atoms with van der Waals surface area (Å²) in [5.41, 5.74) is 0. The monoisotopic (exact) mass is 309 g/mol. The van der Waals surface area contributed by atoms with Crippen LogP contribution in [0, 0.1) is 11.3 Å². The maximum atomic E-state index is 11.7. The van der Waals surface area contributed by atoms with Crippen molar-refractivity contribution in [2.75, 3.05) is 37.4 Å². The van der Waals surface area contributed by atoms with Crippen LogP contribution in [-0.2, 0) is 19.9 Å². The molecule has 0 bridgehead atoms. The van der Waals surface area contributed by atoms with Crippen LogP contribution in [0.4, 0.5) is 0 Å². The Kier molecular flexibility index (Phi) is 5.73. The van der Waals surface area contributed by atoms with E-state index in [9.17, 15) is 16.8 Å². The van der Waals surface area contributed by atoms with Crippen molar-refractivity contribution < 1.29 is 16.8 Å². The standard InChI is InChI=1S/C10H19N3O4S2/c1-18(14,15)8-9-19(16,17)12-10-2-5-13(6-3-10)7-4-11/h10,12H,2-3,5-9H2,1H3. The van der Waals surface area contributed by atoms with Crippen LogP contribution in [0.2, 0.25) is 0 Å². The van der Waals surface area contributed by atoms with Crippen LogP contribution < -0.4 is 4.72 Å². The molecule has 110 valence electrons. The van der Waals surface area contributed by atoms with Gasteiger partial charge in [-0.2, -0.15) is 5.26 Å². The lowest BCUT2D eigenvalue weighted by atomic mass is 10.1. The van der Waals surface area contributed by atoms with Gasteiger partial charge in [-0.05, 0) is 12.8 Å². The van der Waals surface area contributed by atoms with E-state index in [-0.39, 0.29) is 11.8 Å². The average molecular weight is 309 g/mol. The van der Waals surface area contributed by atoms with Crippen molar-refractivity contribution in [1.82, 2.24) is 9.62 Å². The Balaban J connectivity index is 2.42. The Morgan fingerprint density at radius 1 is 1.21 bits per heavy atom. The van der Waals surface area contributed by atoms with Gasteiger partial charge in [0, 0.05) is 25.4 Å². The van der Waals surface area contributed by atoms with E-state index in [0.29, 0.717) is 32.5 Å². The van der Waals surface area contributed by atoms with Gasteiger partial charge in [0.25, 0.3) is 0 Å². The first-order chi connectivity index (χ1) is 8.72. The van der Waals surface area contributed by atoms with Crippen molar-refractivity contribution in [3.63, 3.8) is 0 Å². The van der Waals surface area contributed by atoms with Crippen molar-refractivity contribution in [3.05, 3.63) is 0 Å². The minimum atomic E-state index is -3.56. The molecule has 7 nitrogen and oxygen atoms in total. The normalized spacial score (nSPS) is 19.2. The number of nitrogens with one attached hydrogen (secondary N) is 1. The molecule has 1 heterocycles. The molecule has 0 aromatic heterocycles. The van der Waals surface area contributed by atoms with Crippen LogP contribution in [-0.4, -0.2) is 65.2 Å². The van der Waals surface area contributed by atoms with Gasteiger partial charge in [0.15, 0.2) is 0 Å². The molecule has 0 atom stereocenters. The molecule has 1 saturated heterocycles. The summed E-state index contributed by atoms with van der Waals surface area (Å²) < 4.78 is 47.9. The summed E-state index contributed by atoms with van der Waals surface area (Å²) in [5.74, 6) is -0.764. The van der Waals surface area contributed by atoms with E-state index in [0.717, 1.165) is 6.26 Å². The zero-order valence-electron chi connectivity index (χ0n) is 10.9. The zero-order chi connectivity index (χ0) is 14.5. The molecule has 0 saturated carbocycles. The number of nitrogens with zero attached hydrogens (tertiary/aromatic N) is 2. The summed E-state index contributed by atoms with van der Waals surface area (Å²) in [7, 11) is -6.83. The number of sulfonamides is 1. The molecule has 0 aliphatic carbocycles. The highest BCUT2D eigenvalue weighted by Gasteiger charge is 2.23. The van der Waals surface area contributed by atoms with Crippen LogP contribution in [0.3, 0.4) is 0 Å². The molecule has 0 aromatic carbocycles. The van der Waals surface area contributed by atoms with E-state index in [1.807, 2.05) is 4.90 Å². The van der Waals surface area contributed by atoms with E-state index in [2.05, 4.69) is 10.8 Å². The molecule has 1 aliphatic heterocycles. The minimum absolute atomic E-state index is 0.167. The maximum absolute atomic E-state index is 11.7. The molecule has 0 unspecified atom stereocenters. The van der Waals surface area contributed by atoms with Crippen LogP contribution in [0.1, 0.15) is 12.8 Å². The van der Waals surface area contributed by atoms with Gasteiger partial charge in [0.1, 0.15) is 9.84 Å². The fourth-order valence-corrected chi connectivity index (χ4v) is 4.83. The zero-order valence-corrected chi connectivity index (χ0v) is 12.5. The van der Waals surface area contributed by atoms with E-state index in [4.69, 9.17) is 5.26 Å². The number of likely N-dealkylation sites (tertiary alicyclic amines) is 1. The number of sulfone groups is 1. The highest BCUT2D eigenvalue weighted by Crippen LogP contribution is 2.10. The lowest BCUT2D eigenvalue weighted by Gasteiger charge is -2.30. The Hall–Kier alpha value is -0.690. The first-order valence-electron chi connectivity index (χ1n) is 5.99. The summed E-state index contributed by atoms with van der Waals surface area (Å²) in [5, 5.41) is 8.56. The molecule has 0 amide bonds. The van der Waals surface area contributed by atoms with Crippen molar-refractivity contribution >= 4 is 19.9 Å². The Morgan fingerprint density at radius 2 is 1.79 bits per heavy atom. The fourth-order valence-electron chi connectivity index (χ4n) is 1.88. The highest BCUT2D eigenvalue weighted by molar-refractivity contribution is 7.93. The quantitative estimate of drug-likeness (QED) is 0.627. The molecule has 1 rings (SSSR count). The summed E-state index contributed by atoms with van der Waals surface area (Å²) in [6, 6.07) is 1.89. The van der Waals surface area contributed by atoms with Gasteiger partial charge < -0.3 is 0 Å². The average Bonchev–Trinajstić information content (AvgIpc) is 2.29. The summed E-state index contributed by atoms with van der Waals surface area (Å²) in [6.45, 7) is 1.70. The molecule has 19 heavy (non-hydrogen) atoms. The second-order valence-electron chi connectivity index (χ2n) is 4.78. The first kappa shape index (κ1) is 16.4. The van der Waals surface area contributed by atoms with Gasteiger partial charge >= 0.3 is 0 Å². The molecule has 1 aliphatic rings. The third-order valence-corrected chi connectivity index (χ3v) is 5.59. The highest BCUT2D eigenvalue weighted by atomic mass is 32.2. The lowest BCUT2D eigenvalue weighted by Crippen LogP contribution is -2.45. The van der Waals surface area contributed by atoms with Gasteiger partial charge in [-0.25, -0.2) is 21.6 Å². The smallest absolute Gasteiger partial charge is 0.212 e. The Labute approximate surface area is 114 Å². The van der Waals surface area contributed by atoms with Crippen molar-refractivity contribution in [1.29, 1.82) is 5.26 Å². The Morgan fingerprint density at radius 3 is 2.26 bits per heavy atom.